The van der Waals surface area contributed by atoms with E-state index >= 15 is 0 Å². The normalized spacial score (nSPS) is 21.1. The van der Waals surface area contributed by atoms with Gasteiger partial charge in [0.1, 0.15) is 0 Å². The molecule has 1 aliphatic heterocycles. The first-order chi connectivity index (χ1) is 13.0. The van der Waals surface area contributed by atoms with Gasteiger partial charge in [0.15, 0.2) is 0 Å². The number of anilines is 2. The summed E-state index contributed by atoms with van der Waals surface area (Å²) < 4.78 is 0. The highest BCUT2D eigenvalue weighted by Crippen LogP contribution is 2.50. The summed E-state index contributed by atoms with van der Waals surface area (Å²) in [6.07, 6.45) is 3.04. The number of primary amides is 1. The monoisotopic (exact) mass is 383 g/mol. The number of hydrogen-bond donors (Lipinski definition) is 2. The third-order valence-corrected chi connectivity index (χ3v) is 5.76. The van der Waals surface area contributed by atoms with Crippen LogP contribution in [0.25, 0.3) is 0 Å². The average Bonchev–Trinajstić information content (AvgIpc) is 3.26. The molecule has 2 fully saturated rings. The van der Waals surface area contributed by atoms with Crippen molar-refractivity contribution in [3.8, 4) is 0 Å². The van der Waals surface area contributed by atoms with Crippen LogP contribution in [0, 0.1) is 5.92 Å². The van der Waals surface area contributed by atoms with E-state index in [9.17, 15) is 9.59 Å². The first kappa shape index (κ1) is 17.9. The van der Waals surface area contributed by atoms with Crippen molar-refractivity contribution in [3.05, 3.63) is 58.6 Å². The van der Waals surface area contributed by atoms with Crippen molar-refractivity contribution in [2.45, 2.75) is 25.2 Å². The van der Waals surface area contributed by atoms with Crippen LogP contribution in [0.3, 0.4) is 0 Å². The summed E-state index contributed by atoms with van der Waals surface area (Å²) in [6, 6.07) is 12.9. The van der Waals surface area contributed by atoms with E-state index in [1.807, 2.05) is 30.3 Å². The number of benzene rings is 2. The number of rotatable bonds is 5. The van der Waals surface area contributed by atoms with Gasteiger partial charge in [0.05, 0.1) is 11.4 Å². The van der Waals surface area contributed by atoms with Crippen LogP contribution in [0.5, 0.6) is 0 Å². The highest BCUT2D eigenvalue weighted by molar-refractivity contribution is 6.31. The Hall–Kier alpha value is -2.53. The summed E-state index contributed by atoms with van der Waals surface area (Å²) in [5.41, 5.74) is 8.44. The molecule has 1 saturated carbocycles. The zero-order valence-corrected chi connectivity index (χ0v) is 15.7. The van der Waals surface area contributed by atoms with Crippen molar-refractivity contribution < 1.29 is 9.59 Å². The van der Waals surface area contributed by atoms with Crippen molar-refractivity contribution in [2.24, 2.45) is 11.7 Å². The van der Waals surface area contributed by atoms with E-state index in [4.69, 9.17) is 17.3 Å². The molecule has 0 unspecified atom stereocenters. The molecule has 0 aromatic heterocycles. The van der Waals surface area contributed by atoms with E-state index in [2.05, 4.69) is 10.2 Å². The lowest BCUT2D eigenvalue weighted by molar-refractivity contribution is -0.117. The Kier molecular flexibility index (Phi) is 4.79. The molecule has 1 aliphatic carbocycles. The summed E-state index contributed by atoms with van der Waals surface area (Å²) in [7, 11) is 0. The molecule has 4 rings (SSSR count). The molecule has 2 atom stereocenters. The van der Waals surface area contributed by atoms with E-state index in [0.29, 0.717) is 16.3 Å². The number of carbonyl (C=O) groups excluding carboxylic acids is 2. The van der Waals surface area contributed by atoms with Crippen molar-refractivity contribution in [3.63, 3.8) is 0 Å². The number of amides is 2. The smallest absolute Gasteiger partial charge is 0.248 e. The van der Waals surface area contributed by atoms with Crippen molar-refractivity contribution >= 4 is 34.8 Å². The van der Waals surface area contributed by atoms with Gasteiger partial charge in [0.2, 0.25) is 11.8 Å². The Bertz CT molecular complexity index is 893. The lowest BCUT2D eigenvalue weighted by atomic mass is 10.1. The third kappa shape index (κ3) is 3.65. The quantitative estimate of drug-likeness (QED) is 0.824. The minimum Gasteiger partial charge on any atom is -0.370 e. The second-order valence-electron chi connectivity index (χ2n) is 7.25. The van der Waals surface area contributed by atoms with E-state index < -0.39 is 5.91 Å². The molecule has 0 spiro atoms. The van der Waals surface area contributed by atoms with Crippen molar-refractivity contribution in [1.82, 2.24) is 0 Å². The Balaban J connectivity index is 1.54. The zero-order valence-electron chi connectivity index (χ0n) is 15.0. The molecule has 0 radical (unpaired) electrons. The molecular formula is C21H22ClN3O2. The van der Waals surface area contributed by atoms with Gasteiger partial charge >= 0.3 is 0 Å². The molecule has 2 aromatic rings. The van der Waals surface area contributed by atoms with Crippen LogP contribution in [0.1, 0.15) is 41.1 Å². The third-order valence-electron chi connectivity index (χ3n) is 5.42. The maximum absolute atomic E-state index is 12.8. The standard InChI is InChI=1S/C21H22ClN3O2/c22-17-6-2-1-5-14(17)15-12-16(15)21(27)24-18-11-13(20(23)26)7-8-19(18)25-9-3-4-10-25/h1-2,5-8,11,15-16H,3-4,9-10,12H2,(H2,23,26)(H,24,27)/t15-,16+/m1/s1. The fraction of sp³-hybridized carbons (Fsp3) is 0.333. The molecule has 3 N–H and O–H groups in total. The largest absolute Gasteiger partial charge is 0.370 e. The van der Waals surface area contributed by atoms with Gasteiger partial charge in [0, 0.05) is 29.6 Å². The van der Waals surface area contributed by atoms with Gasteiger partial charge in [-0.2, -0.15) is 0 Å². The van der Waals surface area contributed by atoms with Gasteiger partial charge in [0.25, 0.3) is 0 Å². The molecule has 5 nitrogen and oxygen atoms in total. The summed E-state index contributed by atoms with van der Waals surface area (Å²) in [6.45, 7) is 1.90. The van der Waals surface area contributed by atoms with Gasteiger partial charge in [-0.3, -0.25) is 9.59 Å². The summed E-state index contributed by atoms with van der Waals surface area (Å²) >= 11 is 6.27. The second kappa shape index (κ2) is 7.24. The van der Waals surface area contributed by atoms with Crippen LogP contribution < -0.4 is 16.0 Å². The Morgan fingerprint density at radius 1 is 1.11 bits per heavy atom. The van der Waals surface area contributed by atoms with E-state index in [1.165, 1.54) is 0 Å². The van der Waals surface area contributed by atoms with Crippen LogP contribution >= 0.6 is 11.6 Å². The topological polar surface area (TPSA) is 75.4 Å². The number of hydrogen-bond acceptors (Lipinski definition) is 3. The van der Waals surface area contributed by atoms with Crippen molar-refractivity contribution in [1.29, 1.82) is 0 Å². The lowest BCUT2D eigenvalue weighted by Gasteiger charge is -2.22. The average molecular weight is 384 g/mol. The highest BCUT2D eigenvalue weighted by atomic mass is 35.5. The van der Waals surface area contributed by atoms with E-state index in [0.717, 1.165) is 43.6 Å². The van der Waals surface area contributed by atoms with Crippen LogP contribution in [0.4, 0.5) is 11.4 Å². The van der Waals surface area contributed by atoms with E-state index in [1.54, 1.807) is 12.1 Å². The molecule has 0 bridgehead atoms. The van der Waals surface area contributed by atoms with Gasteiger partial charge in [-0.05, 0) is 55.0 Å². The molecule has 27 heavy (non-hydrogen) atoms. The molecule has 2 aromatic carbocycles. The Morgan fingerprint density at radius 2 is 1.85 bits per heavy atom. The number of nitrogens with zero attached hydrogens (tertiary/aromatic N) is 1. The molecule has 2 aliphatic rings. The van der Waals surface area contributed by atoms with E-state index in [-0.39, 0.29) is 17.7 Å². The molecule has 1 saturated heterocycles. The van der Waals surface area contributed by atoms with Crippen LogP contribution in [0.15, 0.2) is 42.5 Å². The fourth-order valence-electron chi connectivity index (χ4n) is 3.85. The summed E-state index contributed by atoms with van der Waals surface area (Å²) in [4.78, 5) is 26.6. The van der Waals surface area contributed by atoms with Crippen LogP contribution in [-0.4, -0.2) is 24.9 Å². The Morgan fingerprint density at radius 3 is 2.56 bits per heavy atom. The molecule has 140 valence electrons. The number of carbonyl (C=O) groups is 2. The van der Waals surface area contributed by atoms with Gasteiger partial charge < -0.3 is 16.0 Å². The minimum atomic E-state index is -0.501. The van der Waals surface area contributed by atoms with Crippen molar-refractivity contribution in [2.75, 3.05) is 23.3 Å². The molecule has 1 heterocycles. The van der Waals surface area contributed by atoms with Crippen LogP contribution in [-0.2, 0) is 4.79 Å². The summed E-state index contributed by atoms with van der Waals surface area (Å²) in [5, 5.41) is 3.73. The van der Waals surface area contributed by atoms with Gasteiger partial charge in [-0.25, -0.2) is 0 Å². The fourth-order valence-corrected chi connectivity index (χ4v) is 4.13. The first-order valence-electron chi connectivity index (χ1n) is 9.28. The molecule has 2 amide bonds. The number of nitrogens with two attached hydrogens (primary N) is 1. The maximum Gasteiger partial charge on any atom is 0.248 e. The molecule has 6 heteroatoms. The predicted molar refractivity (Wildman–Crippen MR) is 107 cm³/mol. The van der Waals surface area contributed by atoms with Gasteiger partial charge in [-0.15, -0.1) is 0 Å². The lowest BCUT2D eigenvalue weighted by Crippen LogP contribution is -2.23. The number of nitrogens with one attached hydrogen (secondary N) is 1. The minimum absolute atomic E-state index is 0.0398. The second-order valence-corrected chi connectivity index (χ2v) is 7.66. The predicted octanol–water partition coefficient (Wildman–Crippen LogP) is 3.78. The van der Waals surface area contributed by atoms with Gasteiger partial charge in [-0.1, -0.05) is 29.8 Å². The first-order valence-corrected chi connectivity index (χ1v) is 9.66. The Labute approximate surface area is 163 Å². The highest BCUT2D eigenvalue weighted by Gasteiger charge is 2.45. The van der Waals surface area contributed by atoms with Crippen LogP contribution in [0.2, 0.25) is 5.02 Å². The zero-order chi connectivity index (χ0) is 19.0. The summed E-state index contributed by atoms with van der Waals surface area (Å²) in [5.74, 6) is -0.498. The molecular weight excluding hydrogens is 362 g/mol. The SMILES string of the molecule is NC(=O)c1ccc(N2CCCC2)c(NC(=O)[C@H]2C[C@@H]2c2ccccc2Cl)c1. The number of halogens is 1. The maximum atomic E-state index is 12.8.